The number of rotatable bonds is 0. The van der Waals surface area contributed by atoms with E-state index in [-0.39, 0.29) is 0 Å². The van der Waals surface area contributed by atoms with Crippen molar-refractivity contribution in [2.24, 2.45) is 0 Å². The van der Waals surface area contributed by atoms with E-state index in [1.54, 1.807) is 6.20 Å². The van der Waals surface area contributed by atoms with Gasteiger partial charge in [0.15, 0.2) is 0 Å². The Bertz CT molecular complexity index is 694. The number of benzene rings is 1. The molecule has 4 aromatic rings. The van der Waals surface area contributed by atoms with Crippen molar-refractivity contribution in [2.75, 3.05) is 0 Å². The first kappa shape index (κ1) is 11.4. The summed E-state index contributed by atoms with van der Waals surface area (Å²) in [6, 6.07) is 18.0. The summed E-state index contributed by atoms with van der Waals surface area (Å²) in [6.07, 6.45) is 5.47. The minimum Gasteiger partial charge on any atom is -0.346 e. The molecule has 4 rings (SSSR count). The highest BCUT2D eigenvalue weighted by molar-refractivity contribution is 5.77. The third kappa shape index (κ3) is 2.60. The second-order valence-electron chi connectivity index (χ2n) is 4.12. The van der Waals surface area contributed by atoms with Crippen LogP contribution in [0.1, 0.15) is 0 Å². The van der Waals surface area contributed by atoms with Gasteiger partial charge in [0, 0.05) is 29.4 Å². The van der Waals surface area contributed by atoms with E-state index < -0.39 is 0 Å². The van der Waals surface area contributed by atoms with Gasteiger partial charge < -0.3 is 4.98 Å². The molecule has 3 heterocycles. The molecule has 0 saturated heterocycles. The van der Waals surface area contributed by atoms with E-state index in [1.165, 1.54) is 5.39 Å². The number of aromatic nitrogens is 3. The molecule has 0 aliphatic carbocycles. The van der Waals surface area contributed by atoms with Crippen molar-refractivity contribution in [1.29, 1.82) is 0 Å². The molecule has 1 aromatic carbocycles. The number of nitrogens with zero attached hydrogens (tertiary/aromatic N) is 2. The second-order valence-corrected chi connectivity index (χ2v) is 4.12. The SMILES string of the molecule is c1ccc2ncccc2c1.c1cnc2[nH]ccc2c1. The van der Waals surface area contributed by atoms with Crippen LogP contribution in [0.15, 0.2) is 73.2 Å². The molecule has 0 fully saturated rings. The van der Waals surface area contributed by atoms with Crippen molar-refractivity contribution in [3.8, 4) is 0 Å². The average Bonchev–Trinajstić information content (AvgIpc) is 2.96. The third-order valence-electron chi connectivity index (χ3n) is 2.83. The van der Waals surface area contributed by atoms with Crippen LogP contribution in [0.2, 0.25) is 0 Å². The van der Waals surface area contributed by atoms with E-state index in [2.05, 4.69) is 27.1 Å². The Hall–Kier alpha value is -2.68. The largest absolute Gasteiger partial charge is 0.346 e. The molecule has 0 spiro atoms. The van der Waals surface area contributed by atoms with Gasteiger partial charge in [-0.15, -0.1) is 0 Å². The number of hydrogen-bond donors (Lipinski definition) is 1. The van der Waals surface area contributed by atoms with Crippen LogP contribution in [0.4, 0.5) is 0 Å². The number of hydrogen-bond acceptors (Lipinski definition) is 2. The van der Waals surface area contributed by atoms with Crippen molar-refractivity contribution in [3.05, 3.63) is 73.2 Å². The van der Waals surface area contributed by atoms with Gasteiger partial charge in [-0.05, 0) is 30.3 Å². The van der Waals surface area contributed by atoms with Crippen LogP contribution in [0.3, 0.4) is 0 Å². The molecule has 0 amide bonds. The Morgan fingerprint density at radius 2 is 1.42 bits per heavy atom. The van der Waals surface area contributed by atoms with Gasteiger partial charge in [0.1, 0.15) is 5.65 Å². The van der Waals surface area contributed by atoms with Gasteiger partial charge in [0.05, 0.1) is 5.52 Å². The molecule has 0 radical (unpaired) electrons. The Kier molecular flexibility index (Phi) is 3.19. The van der Waals surface area contributed by atoms with Gasteiger partial charge in [0.25, 0.3) is 0 Å². The third-order valence-corrected chi connectivity index (χ3v) is 2.83. The van der Waals surface area contributed by atoms with E-state index in [0.29, 0.717) is 0 Å². The molecule has 0 aliphatic rings. The minimum atomic E-state index is 0.956. The Morgan fingerprint density at radius 3 is 2.26 bits per heavy atom. The summed E-state index contributed by atoms with van der Waals surface area (Å²) >= 11 is 0. The van der Waals surface area contributed by atoms with Crippen LogP contribution in [-0.2, 0) is 0 Å². The lowest BCUT2D eigenvalue weighted by Crippen LogP contribution is -1.73. The molecule has 0 saturated carbocycles. The Balaban J connectivity index is 0.000000117. The molecule has 0 atom stereocenters. The summed E-state index contributed by atoms with van der Waals surface area (Å²) in [7, 11) is 0. The normalized spacial score (nSPS) is 10.1. The van der Waals surface area contributed by atoms with Gasteiger partial charge in [-0.2, -0.15) is 0 Å². The predicted octanol–water partition coefficient (Wildman–Crippen LogP) is 3.80. The molecule has 1 N–H and O–H groups in total. The highest BCUT2D eigenvalue weighted by Gasteiger charge is 1.88. The first-order valence-corrected chi connectivity index (χ1v) is 6.11. The zero-order valence-electron chi connectivity index (χ0n) is 10.3. The maximum absolute atomic E-state index is 4.18. The summed E-state index contributed by atoms with van der Waals surface area (Å²) in [4.78, 5) is 11.3. The molecule has 3 heteroatoms. The zero-order chi connectivity index (χ0) is 12.9. The van der Waals surface area contributed by atoms with E-state index in [0.717, 1.165) is 16.6 Å². The Labute approximate surface area is 111 Å². The summed E-state index contributed by atoms with van der Waals surface area (Å²) < 4.78 is 0. The topological polar surface area (TPSA) is 41.6 Å². The first-order chi connectivity index (χ1) is 9.43. The molecule has 19 heavy (non-hydrogen) atoms. The van der Waals surface area contributed by atoms with Gasteiger partial charge in [-0.3, -0.25) is 4.98 Å². The highest BCUT2D eigenvalue weighted by atomic mass is 14.8. The Morgan fingerprint density at radius 1 is 0.684 bits per heavy atom. The summed E-state index contributed by atoms with van der Waals surface area (Å²) in [5, 5.41) is 2.36. The fraction of sp³-hybridized carbons (Fsp3) is 0. The molecule has 92 valence electrons. The number of pyridine rings is 2. The lowest BCUT2D eigenvalue weighted by molar-refractivity contribution is 1.33. The smallest absolute Gasteiger partial charge is 0.137 e. The van der Waals surface area contributed by atoms with Crippen LogP contribution in [0.25, 0.3) is 21.9 Å². The maximum Gasteiger partial charge on any atom is 0.137 e. The van der Waals surface area contributed by atoms with Crippen molar-refractivity contribution in [2.45, 2.75) is 0 Å². The quantitative estimate of drug-likeness (QED) is 0.513. The van der Waals surface area contributed by atoms with Crippen LogP contribution in [0, 0.1) is 0 Å². The molecule has 0 bridgehead atoms. The molecular formula is C16H13N3. The summed E-state index contributed by atoms with van der Waals surface area (Å²) in [5.41, 5.74) is 2.02. The van der Waals surface area contributed by atoms with E-state index in [1.807, 2.05) is 54.9 Å². The van der Waals surface area contributed by atoms with Gasteiger partial charge in [-0.1, -0.05) is 24.3 Å². The van der Waals surface area contributed by atoms with Crippen LogP contribution in [-0.4, -0.2) is 15.0 Å². The number of nitrogens with one attached hydrogen (secondary N) is 1. The van der Waals surface area contributed by atoms with Gasteiger partial charge >= 0.3 is 0 Å². The summed E-state index contributed by atoms with van der Waals surface area (Å²) in [6.45, 7) is 0. The minimum absolute atomic E-state index is 0.956. The van der Waals surface area contributed by atoms with E-state index >= 15 is 0 Å². The monoisotopic (exact) mass is 247 g/mol. The van der Waals surface area contributed by atoms with Crippen molar-refractivity contribution in [3.63, 3.8) is 0 Å². The highest BCUT2D eigenvalue weighted by Crippen LogP contribution is 2.08. The lowest BCUT2D eigenvalue weighted by atomic mass is 10.2. The molecular weight excluding hydrogens is 234 g/mol. The molecule has 3 aromatic heterocycles. The van der Waals surface area contributed by atoms with Crippen LogP contribution < -0.4 is 0 Å². The standard InChI is InChI=1S/C9H7N.C7H6N2/c1-2-6-9-8(4-1)5-3-7-10-9;1-2-6-3-5-9-7(6)8-4-1/h1-7H;1-5H,(H,8,9). The van der Waals surface area contributed by atoms with Crippen LogP contribution in [0.5, 0.6) is 0 Å². The second kappa shape index (κ2) is 5.31. The number of para-hydroxylation sites is 1. The molecule has 0 unspecified atom stereocenters. The molecule has 0 aliphatic heterocycles. The summed E-state index contributed by atoms with van der Waals surface area (Å²) in [5.74, 6) is 0. The number of aromatic amines is 1. The first-order valence-electron chi connectivity index (χ1n) is 6.11. The van der Waals surface area contributed by atoms with Crippen molar-refractivity contribution in [1.82, 2.24) is 15.0 Å². The predicted molar refractivity (Wildman–Crippen MR) is 77.8 cm³/mol. The fourth-order valence-electron chi connectivity index (χ4n) is 1.90. The number of H-pyrrole nitrogens is 1. The number of fused-ring (bicyclic) bond motifs is 2. The van der Waals surface area contributed by atoms with Gasteiger partial charge in [0.2, 0.25) is 0 Å². The van der Waals surface area contributed by atoms with Crippen molar-refractivity contribution >= 4 is 21.9 Å². The maximum atomic E-state index is 4.18. The zero-order valence-corrected chi connectivity index (χ0v) is 10.3. The van der Waals surface area contributed by atoms with Gasteiger partial charge in [-0.25, -0.2) is 4.98 Å². The average molecular weight is 247 g/mol. The lowest BCUT2D eigenvalue weighted by Gasteiger charge is -1.91. The van der Waals surface area contributed by atoms with E-state index in [4.69, 9.17) is 0 Å². The van der Waals surface area contributed by atoms with E-state index in [9.17, 15) is 0 Å². The van der Waals surface area contributed by atoms with Crippen molar-refractivity contribution < 1.29 is 0 Å². The fourth-order valence-corrected chi connectivity index (χ4v) is 1.90. The molecule has 3 nitrogen and oxygen atoms in total. The van der Waals surface area contributed by atoms with Crippen LogP contribution >= 0.6 is 0 Å².